The van der Waals surface area contributed by atoms with Crippen LogP contribution in [0.15, 0.2) is 0 Å². The summed E-state index contributed by atoms with van der Waals surface area (Å²) in [6.45, 7) is 3.46. The molecule has 0 saturated carbocycles. The molecule has 1 aliphatic rings. The van der Waals surface area contributed by atoms with Crippen LogP contribution in [0, 0.1) is 11.3 Å². The molecule has 14 heavy (non-hydrogen) atoms. The molecule has 0 radical (unpaired) electrons. The molecule has 5 nitrogen and oxygen atoms in total. The Bertz CT molecular complexity index is 258. The molecule has 0 bridgehead atoms. The van der Waals surface area contributed by atoms with E-state index < -0.39 is 29.6 Å². The van der Waals surface area contributed by atoms with Crippen LogP contribution < -0.4 is 0 Å². The molecule has 1 fully saturated rings. The fourth-order valence-corrected chi connectivity index (χ4v) is 1.63. The molecular formula is C9H14O5. The summed E-state index contributed by atoms with van der Waals surface area (Å²) in [4.78, 5) is 22.7. The second-order valence-corrected chi connectivity index (χ2v) is 3.78. The lowest BCUT2D eigenvalue weighted by atomic mass is 9.80. The Labute approximate surface area is 82.3 Å². The summed E-state index contributed by atoms with van der Waals surface area (Å²) in [6, 6.07) is 0. The molecule has 0 aromatic carbocycles. The summed E-state index contributed by atoms with van der Waals surface area (Å²) in [5, 5.41) is 0. The number of carbonyl (C=O) groups excluding carboxylic acids is 2. The summed E-state index contributed by atoms with van der Waals surface area (Å²) in [5.74, 6) is -2.08. The van der Waals surface area contributed by atoms with Crippen LogP contribution in [0.25, 0.3) is 0 Å². The molecule has 1 heterocycles. The van der Waals surface area contributed by atoms with Crippen LogP contribution in [-0.2, 0) is 23.8 Å². The molecule has 0 N–H and O–H groups in total. The highest BCUT2D eigenvalue weighted by molar-refractivity contribution is 5.97. The molecular weight excluding hydrogens is 188 g/mol. The fourth-order valence-electron chi connectivity index (χ4n) is 1.63. The lowest BCUT2D eigenvalue weighted by molar-refractivity contribution is -0.166. The first-order valence-corrected chi connectivity index (χ1v) is 4.26. The van der Waals surface area contributed by atoms with Crippen LogP contribution in [0.5, 0.6) is 0 Å². The van der Waals surface area contributed by atoms with Gasteiger partial charge < -0.3 is 14.2 Å². The van der Waals surface area contributed by atoms with Crippen LogP contribution >= 0.6 is 0 Å². The van der Waals surface area contributed by atoms with Crippen molar-refractivity contribution >= 4 is 11.9 Å². The zero-order chi connectivity index (χ0) is 10.9. The maximum Gasteiger partial charge on any atom is 0.323 e. The van der Waals surface area contributed by atoms with Crippen LogP contribution in [0.3, 0.4) is 0 Å². The van der Waals surface area contributed by atoms with Gasteiger partial charge in [0.2, 0.25) is 6.29 Å². The second-order valence-electron chi connectivity index (χ2n) is 3.78. The van der Waals surface area contributed by atoms with Crippen molar-refractivity contribution in [3.05, 3.63) is 0 Å². The van der Waals surface area contributed by atoms with E-state index in [9.17, 15) is 9.59 Å². The van der Waals surface area contributed by atoms with Crippen molar-refractivity contribution in [3.63, 3.8) is 0 Å². The van der Waals surface area contributed by atoms with Crippen molar-refractivity contribution in [2.45, 2.75) is 20.1 Å². The van der Waals surface area contributed by atoms with Gasteiger partial charge in [-0.2, -0.15) is 0 Å². The highest BCUT2D eigenvalue weighted by Crippen LogP contribution is 2.40. The summed E-state index contributed by atoms with van der Waals surface area (Å²) in [5.41, 5.74) is -0.696. The first-order chi connectivity index (χ1) is 6.45. The molecule has 1 aliphatic heterocycles. The minimum atomic E-state index is -0.905. The van der Waals surface area contributed by atoms with Gasteiger partial charge >= 0.3 is 11.9 Å². The largest absolute Gasteiger partial charge is 0.468 e. The highest BCUT2D eigenvalue weighted by Gasteiger charge is 2.56. The van der Waals surface area contributed by atoms with Gasteiger partial charge in [0.1, 0.15) is 0 Å². The third-order valence-electron chi connectivity index (χ3n) is 2.46. The molecule has 5 heteroatoms. The molecule has 0 aromatic heterocycles. The van der Waals surface area contributed by atoms with Gasteiger partial charge in [0.25, 0.3) is 0 Å². The van der Waals surface area contributed by atoms with E-state index in [1.165, 1.54) is 14.2 Å². The average Bonchev–Trinajstić information content (AvgIpc) is 2.35. The number of carbonyl (C=O) groups is 2. The zero-order valence-corrected chi connectivity index (χ0v) is 8.70. The molecule has 2 atom stereocenters. The monoisotopic (exact) mass is 202 g/mol. The SMILES string of the molecule is COC(=O)[C@@H]1C(=O)O[C@H](OC)C1(C)C. The molecule has 0 aliphatic carbocycles. The van der Waals surface area contributed by atoms with Gasteiger partial charge in [-0.05, 0) is 0 Å². The summed E-state index contributed by atoms with van der Waals surface area (Å²) in [7, 11) is 2.67. The average molecular weight is 202 g/mol. The summed E-state index contributed by atoms with van der Waals surface area (Å²) >= 11 is 0. The number of esters is 2. The normalized spacial score (nSPS) is 29.9. The smallest absolute Gasteiger partial charge is 0.323 e. The lowest BCUT2D eigenvalue weighted by Gasteiger charge is -2.25. The van der Waals surface area contributed by atoms with E-state index >= 15 is 0 Å². The fraction of sp³-hybridized carbons (Fsp3) is 0.778. The van der Waals surface area contributed by atoms with Gasteiger partial charge in [-0.25, -0.2) is 0 Å². The van der Waals surface area contributed by atoms with Crippen molar-refractivity contribution in [2.75, 3.05) is 14.2 Å². The third kappa shape index (κ3) is 1.48. The van der Waals surface area contributed by atoms with Crippen LogP contribution in [-0.4, -0.2) is 32.4 Å². The van der Waals surface area contributed by atoms with Crippen LogP contribution in [0.4, 0.5) is 0 Å². The van der Waals surface area contributed by atoms with Gasteiger partial charge in [0.15, 0.2) is 5.92 Å². The van der Waals surface area contributed by atoms with E-state index in [0.717, 1.165) is 0 Å². The molecule has 0 aromatic rings. The predicted molar refractivity (Wildman–Crippen MR) is 46.2 cm³/mol. The van der Waals surface area contributed by atoms with Crippen LogP contribution in [0.2, 0.25) is 0 Å². The van der Waals surface area contributed by atoms with Gasteiger partial charge in [-0.1, -0.05) is 13.8 Å². The van der Waals surface area contributed by atoms with Crippen molar-refractivity contribution in [3.8, 4) is 0 Å². The molecule has 0 unspecified atom stereocenters. The molecule has 0 amide bonds. The van der Waals surface area contributed by atoms with Gasteiger partial charge in [0.05, 0.1) is 12.5 Å². The Balaban J connectivity index is 2.95. The summed E-state index contributed by atoms with van der Waals surface area (Å²) in [6.07, 6.45) is -0.695. The number of cyclic esters (lactones) is 1. The first-order valence-electron chi connectivity index (χ1n) is 4.26. The third-order valence-corrected chi connectivity index (χ3v) is 2.46. The van der Waals surface area contributed by atoms with E-state index in [1.807, 2.05) is 0 Å². The van der Waals surface area contributed by atoms with E-state index in [0.29, 0.717) is 0 Å². The topological polar surface area (TPSA) is 61.8 Å². The van der Waals surface area contributed by atoms with E-state index in [-0.39, 0.29) is 0 Å². The van der Waals surface area contributed by atoms with Crippen molar-refractivity contribution in [1.82, 2.24) is 0 Å². The van der Waals surface area contributed by atoms with Gasteiger partial charge in [0, 0.05) is 7.11 Å². The Kier molecular flexibility index (Phi) is 2.80. The molecule has 1 rings (SSSR count). The number of hydrogen-bond donors (Lipinski definition) is 0. The Morgan fingerprint density at radius 3 is 2.36 bits per heavy atom. The lowest BCUT2D eigenvalue weighted by Crippen LogP contribution is -2.36. The van der Waals surface area contributed by atoms with Crippen molar-refractivity contribution in [2.24, 2.45) is 11.3 Å². The Morgan fingerprint density at radius 1 is 1.43 bits per heavy atom. The maximum atomic E-state index is 11.4. The minimum Gasteiger partial charge on any atom is -0.468 e. The van der Waals surface area contributed by atoms with E-state index in [2.05, 4.69) is 4.74 Å². The second kappa shape index (κ2) is 3.57. The Morgan fingerprint density at radius 2 is 2.00 bits per heavy atom. The number of ether oxygens (including phenoxy) is 3. The Hall–Kier alpha value is -1.10. The highest BCUT2D eigenvalue weighted by atomic mass is 16.7. The predicted octanol–water partition coefficient (Wildman–Crippen LogP) is 0.331. The van der Waals surface area contributed by atoms with E-state index in [1.54, 1.807) is 13.8 Å². The number of methoxy groups -OCH3 is 2. The first kappa shape index (κ1) is 11.0. The number of hydrogen-bond acceptors (Lipinski definition) is 5. The van der Waals surface area contributed by atoms with E-state index in [4.69, 9.17) is 9.47 Å². The molecule has 0 spiro atoms. The maximum absolute atomic E-state index is 11.4. The standard InChI is InChI=1S/C9H14O5/c1-9(2)5(6(10)12-3)7(11)14-8(9)13-4/h5,8H,1-4H3/t5-,8+/m1/s1. The van der Waals surface area contributed by atoms with Crippen molar-refractivity contribution in [1.29, 1.82) is 0 Å². The zero-order valence-electron chi connectivity index (χ0n) is 8.70. The van der Waals surface area contributed by atoms with Gasteiger partial charge in [-0.3, -0.25) is 9.59 Å². The summed E-state index contributed by atoms with van der Waals surface area (Å²) < 4.78 is 14.4. The van der Waals surface area contributed by atoms with Crippen LogP contribution in [0.1, 0.15) is 13.8 Å². The minimum absolute atomic E-state index is 0.584. The number of rotatable bonds is 2. The van der Waals surface area contributed by atoms with Crippen molar-refractivity contribution < 1.29 is 23.8 Å². The van der Waals surface area contributed by atoms with Gasteiger partial charge in [-0.15, -0.1) is 0 Å². The quantitative estimate of drug-likeness (QED) is 0.477. The molecule has 1 saturated heterocycles. The molecule has 80 valence electrons.